The van der Waals surface area contributed by atoms with Gasteiger partial charge in [-0.3, -0.25) is 4.79 Å². The highest BCUT2D eigenvalue weighted by atomic mass is 19.4. The molecular formula is C31H34F6N4O. The second-order valence-electron chi connectivity index (χ2n) is 11.1. The topological polar surface area (TPSA) is 39.7 Å². The predicted octanol–water partition coefficient (Wildman–Crippen LogP) is 7.18. The summed E-state index contributed by atoms with van der Waals surface area (Å²) in [6.07, 6.45) is -8.48. The van der Waals surface area contributed by atoms with Crippen molar-refractivity contribution < 1.29 is 31.1 Å². The number of amides is 1. The number of aromatic nitrogens is 1. The SMILES string of the molecule is CCN(C(=O)C(C)(C)c1cc(C(F)(F)F)cc(C(F)(F)F)c1)c1cnc(N2CCN(C)CC2)cc1-c1ccccc1C. The number of halogens is 6. The summed E-state index contributed by atoms with van der Waals surface area (Å²) in [6.45, 7) is 9.66. The van der Waals surface area contributed by atoms with Gasteiger partial charge in [0.2, 0.25) is 5.91 Å². The summed E-state index contributed by atoms with van der Waals surface area (Å²) in [6, 6.07) is 10.8. The Labute approximate surface area is 241 Å². The molecule has 0 radical (unpaired) electrons. The van der Waals surface area contributed by atoms with Gasteiger partial charge < -0.3 is 14.7 Å². The molecule has 5 nitrogen and oxygen atoms in total. The zero-order valence-corrected chi connectivity index (χ0v) is 24.2. The van der Waals surface area contributed by atoms with E-state index in [1.807, 2.05) is 44.3 Å². The van der Waals surface area contributed by atoms with Crippen molar-refractivity contribution >= 4 is 17.4 Å². The molecule has 1 aromatic heterocycles. The molecule has 0 unspecified atom stereocenters. The summed E-state index contributed by atoms with van der Waals surface area (Å²) >= 11 is 0. The van der Waals surface area contributed by atoms with Crippen LogP contribution < -0.4 is 9.80 Å². The molecule has 1 saturated heterocycles. The number of piperazine rings is 1. The second-order valence-corrected chi connectivity index (χ2v) is 11.1. The van der Waals surface area contributed by atoms with E-state index in [2.05, 4.69) is 14.8 Å². The fraction of sp³-hybridized carbons (Fsp3) is 0.419. The first-order chi connectivity index (χ1) is 19.5. The molecule has 0 aliphatic carbocycles. The van der Waals surface area contributed by atoms with E-state index >= 15 is 0 Å². The van der Waals surface area contributed by atoms with Gasteiger partial charge in [0.25, 0.3) is 0 Å². The Morgan fingerprint density at radius 1 is 0.857 bits per heavy atom. The summed E-state index contributed by atoms with van der Waals surface area (Å²) in [5.41, 5.74) is -2.15. The first-order valence-electron chi connectivity index (χ1n) is 13.7. The Kier molecular flexibility index (Phi) is 8.64. The standard InChI is InChI=1S/C31H34F6N4O/c1-6-41(28(42)29(3,4)21-15-22(30(32,33)34)17-23(16-21)31(35,36)37)26-19-38-27(40-13-11-39(5)12-14-40)18-25(26)24-10-8-7-9-20(24)2/h7-10,15-19H,6,11-14H2,1-5H3. The second kappa shape index (κ2) is 11.6. The maximum absolute atomic E-state index is 14.1. The fourth-order valence-corrected chi connectivity index (χ4v) is 5.15. The molecule has 4 rings (SSSR count). The van der Waals surface area contributed by atoms with Gasteiger partial charge in [0.05, 0.1) is 28.4 Å². The summed E-state index contributed by atoms with van der Waals surface area (Å²) < 4.78 is 81.8. The summed E-state index contributed by atoms with van der Waals surface area (Å²) in [4.78, 5) is 24.5. The molecule has 1 aliphatic heterocycles. The maximum Gasteiger partial charge on any atom is 0.416 e. The van der Waals surface area contributed by atoms with E-state index in [0.717, 1.165) is 43.1 Å². The Bertz CT molecular complexity index is 1410. The molecule has 1 amide bonds. The summed E-state index contributed by atoms with van der Waals surface area (Å²) in [7, 11) is 2.04. The Morgan fingerprint density at radius 2 is 1.40 bits per heavy atom. The number of likely N-dealkylation sites (N-methyl/N-ethyl adjacent to an activating group) is 2. The molecule has 3 aromatic rings. The minimum atomic E-state index is -5.03. The number of rotatable bonds is 6. The molecule has 0 N–H and O–H groups in total. The van der Waals surface area contributed by atoms with Crippen molar-refractivity contribution in [1.82, 2.24) is 9.88 Å². The molecule has 1 aliphatic rings. The van der Waals surface area contributed by atoms with E-state index in [-0.39, 0.29) is 18.2 Å². The lowest BCUT2D eigenvalue weighted by Crippen LogP contribution is -2.45. The smallest absolute Gasteiger partial charge is 0.354 e. The van der Waals surface area contributed by atoms with Crippen molar-refractivity contribution in [2.75, 3.05) is 49.6 Å². The van der Waals surface area contributed by atoms with Crippen LogP contribution in [0.1, 0.15) is 43.0 Å². The lowest BCUT2D eigenvalue weighted by molar-refractivity contribution is -0.143. The van der Waals surface area contributed by atoms with Crippen molar-refractivity contribution in [3.05, 3.63) is 77.0 Å². The van der Waals surface area contributed by atoms with E-state index in [1.165, 1.54) is 18.7 Å². The van der Waals surface area contributed by atoms with Gasteiger partial charge >= 0.3 is 12.4 Å². The average molecular weight is 593 g/mol. The largest absolute Gasteiger partial charge is 0.416 e. The third kappa shape index (κ3) is 6.40. The van der Waals surface area contributed by atoms with E-state index < -0.39 is 34.8 Å². The highest BCUT2D eigenvalue weighted by molar-refractivity contribution is 6.03. The molecule has 2 aromatic carbocycles. The van der Waals surface area contributed by atoms with Crippen LogP contribution in [0.5, 0.6) is 0 Å². The normalized spacial score (nSPS) is 15.2. The molecule has 1 fully saturated rings. The number of carbonyl (C=O) groups excluding carboxylic acids is 1. The predicted molar refractivity (Wildman–Crippen MR) is 152 cm³/mol. The molecule has 0 bridgehead atoms. The number of anilines is 2. The quantitative estimate of drug-likeness (QED) is 0.285. The molecule has 0 saturated carbocycles. The third-order valence-electron chi connectivity index (χ3n) is 7.83. The van der Waals surface area contributed by atoms with Gasteiger partial charge in [0, 0.05) is 38.3 Å². The Hall–Kier alpha value is -3.60. The molecule has 226 valence electrons. The van der Waals surface area contributed by atoms with Gasteiger partial charge in [-0.05, 0) is 75.7 Å². The van der Waals surface area contributed by atoms with Crippen LogP contribution >= 0.6 is 0 Å². The van der Waals surface area contributed by atoms with Gasteiger partial charge in [-0.2, -0.15) is 26.3 Å². The van der Waals surface area contributed by atoms with Crippen LogP contribution in [-0.2, 0) is 22.6 Å². The van der Waals surface area contributed by atoms with Crippen molar-refractivity contribution in [2.45, 2.75) is 45.5 Å². The number of aryl methyl sites for hydroxylation is 1. The molecule has 11 heteroatoms. The van der Waals surface area contributed by atoms with Gasteiger partial charge in [-0.1, -0.05) is 24.3 Å². The Morgan fingerprint density at radius 3 is 1.93 bits per heavy atom. The van der Waals surface area contributed by atoms with Gasteiger partial charge in [0.15, 0.2) is 0 Å². The monoisotopic (exact) mass is 592 g/mol. The lowest BCUT2D eigenvalue weighted by atomic mass is 9.81. The Balaban J connectivity index is 1.83. The number of pyridine rings is 1. The van der Waals surface area contributed by atoms with Crippen LogP contribution in [0.4, 0.5) is 37.8 Å². The van der Waals surface area contributed by atoms with Crippen molar-refractivity contribution in [2.24, 2.45) is 0 Å². The minimum Gasteiger partial charge on any atom is -0.354 e. The van der Waals surface area contributed by atoms with Gasteiger partial charge in [-0.25, -0.2) is 4.98 Å². The minimum absolute atomic E-state index is 0.0684. The first-order valence-corrected chi connectivity index (χ1v) is 13.7. The fourth-order valence-electron chi connectivity index (χ4n) is 5.15. The third-order valence-corrected chi connectivity index (χ3v) is 7.83. The van der Waals surface area contributed by atoms with Crippen LogP contribution in [0.3, 0.4) is 0 Å². The zero-order valence-electron chi connectivity index (χ0n) is 24.2. The molecule has 0 atom stereocenters. The van der Waals surface area contributed by atoms with E-state index in [1.54, 1.807) is 13.1 Å². The van der Waals surface area contributed by atoms with E-state index in [4.69, 9.17) is 0 Å². The van der Waals surface area contributed by atoms with Crippen molar-refractivity contribution in [3.8, 4) is 11.1 Å². The summed E-state index contributed by atoms with van der Waals surface area (Å²) in [5, 5.41) is 0. The zero-order chi connectivity index (χ0) is 31.0. The number of carbonyl (C=O) groups is 1. The summed E-state index contributed by atoms with van der Waals surface area (Å²) in [5.74, 6) is 0.0713. The average Bonchev–Trinajstić information content (AvgIpc) is 2.93. The highest BCUT2D eigenvalue weighted by Crippen LogP contribution is 2.41. The van der Waals surface area contributed by atoms with Crippen LogP contribution in [0.15, 0.2) is 54.7 Å². The number of alkyl halides is 6. The maximum atomic E-state index is 14.1. The van der Waals surface area contributed by atoms with Crippen molar-refractivity contribution in [1.29, 1.82) is 0 Å². The number of nitrogens with zero attached hydrogens (tertiary/aromatic N) is 4. The molecule has 2 heterocycles. The van der Waals surface area contributed by atoms with E-state index in [9.17, 15) is 31.1 Å². The van der Waals surface area contributed by atoms with Crippen LogP contribution in [0.25, 0.3) is 11.1 Å². The molecule has 42 heavy (non-hydrogen) atoms. The highest BCUT2D eigenvalue weighted by Gasteiger charge is 2.41. The van der Waals surface area contributed by atoms with E-state index in [0.29, 0.717) is 23.4 Å². The molecular weight excluding hydrogens is 558 g/mol. The first kappa shape index (κ1) is 31.3. The van der Waals surface area contributed by atoms with Crippen molar-refractivity contribution in [3.63, 3.8) is 0 Å². The van der Waals surface area contributed by atoms with Gasteiger partial charge in [-0.15, -0.1) is 0 Å². The van der Waals surface area contributed by atoms with Crippen LogP contribution in [0, 0.1) is 6.92 Å². The van der Waals surface area contributed by atoms with Crippen LogP contribution in [-0.4, -0.2) is 55.6 Å². The number of hydrogen-bond acceptors (Lipinski definition) is 4. The molecule has 0 spiro atoms. The van der Waals surface area contributed by atoms with Crippen LogP contribution in [0.2, 0.25) is 0 Å². The number of benzene rings is 2. The van der Waals surface area contributed by atoms with Gasteiger partial charge in [0.1, 0.15) is 5.82 Å². The number of hydrogen-bond donors (Lipinski definition) is 0. The lowest BCUT2D eigenvalue weighted by Gasteiger charge is -2.35.